The lowest BCUT2D eigenvalue weighted by Gasteiger charge is -2.36. The van der Waals surface area contributed by atoms with Crippen molar-refractivity contribution in [2.24, 2.45) is 0 Å². The molecule has 7 nitrogen and oxygen atoms in total. The molecule has 172 valence electrons. The van der Waals surface area contributed by atoms with Crippen molar-refractivity contribution in [1.29, 1.82) is 0 Å². The molecule has 0 spiro atoms. The lowest BCUT2D eigenvalue weighted by atomic mass is 9.99. The van der Waals surface area contributed by atoms with Gasteiger partial charge in [0.1, 0.15) is 18.3 Å². The number of hydrogen-bond donors (Lipinski definition) is 4. The van der Waals surface area contributed by atoms with Crippen molar-refractivity contribution < 1.29 is 34.7 Å². The number of rotatable bonds is 16. The molecule has 1 aliphatic heterocycles. The van der Waals surface area contributed by atoms with Crippen molar-refractivity contribution in [1.82, 2.24) is 0 Å². The fourth-order valence-electron chi connectivity index (χ4n) is 3.61. The smallest absolute Gasteiger partial charge is 0.338 e. The predicted octanol–water partition coefficient (Wildman–Crippen LogP) is 2.81. The number of ether oxygens (including phenoxy) is 2. The summed E-state index contributed by atoms with van der Waals surface area (Å²) in [4.78, 5) is 11.9. The maximum atomic E-state index is 11.9. The number of hydrogen-bond acceptors (Lipinski definition) is 7. The van der Waals surface area contributed by atoms with Crippen LogP contribution in [0.2, 0.25) is 0 Å². The van der Waals surface area contributed by atoms with Gasteiger partial charge in [0.25, 0.3) is 0 Å². The molecule has 1 saturated heterocycles. The van der Waals surface area contributed by atoms with E-state index in [9.17, 15) is 25.2 Å². The SMILES string of the molecule is CCCCCCCCCCCCCCCCOC(=O)[C@H]1O[C@@H](O)[C@H](O)[C@@H](O)[C@@H]1O. The molecule has 1 heterocycles. The quantitative estimate of drug-likeness (QED) is 0.225. The molecule has 0 unspecified atom stereocenters. The Morgan fingerprint density at radius 3 is 1.62 bits per heavy atom. The molecule has 5 atom stereocenters. The zero-order valence-electron chi connectivity index (χ0n) is 18.0. The molecule has 0 aromatic rings. The normalized spacial score (nSPS) is 27.1. The number of esters is 1. The zero-order valence-corrected chi connectivity index (χ0v) is 18.0. The summed E-state index contributed by atoms with van der Waals surface area (Å²) in [6.07, 6.45) is 9.19. The summed E-state index contributed by atoms with van der Waals surface area (Å²) in [5, 5.41) is 38.2. The fraction of sp³-hybridized carbons (Fsp3) is 0.955. The molecule has 0 aromatic heterocycles. The molecule has 4 N–H and O–H groups in total. The highest BCUT2D eigenvalue weighted by atomic mass is 16.7. The Kier molecular flexibility index (Phi) is 14.5. The van der Waals surface area contributed by atoms with Gasteiger partial charge < -0.3 is 29.9 Å². The molecule has 1 rings (SSSR count). The van der Waals surface area contributed by atoms with Crippen molar-refractivity contribution in [2.45, 2.75) is 128 Å². The molecule has 0 amide bonds. The Morgan fingerprint density at radius 1 is 0.690 bits per heavy atom. The van der Waals surface area contributed by atoms with Crippen LogP contribution in [0, 0.1) is 0 Å². The second-order valence-electron chi connectivity index (χ2n) is 8.18. The van der Waals surface area contributed by atoms with E-state index in [-0.39, 0.29) is 6.61 Å². The third kappa shape index (κ3) is 10.7. The first-order chi connectivity index (χ1) is 14.0. The highest BCUT2D eigenvalue weighted by molar-refractivity contribution is 5.75. The Morgan fingerprint density at radius 2 is 1.14 bits per heavy atom. The molecule has 1 aliphatic rings. The Bertz CT molecular complexity index is 418. The molecule has 0 aliphatic carbocycles. The first-order valence-electron chi connectivity index (χ1n) is 11.5. The Hall–Kier alpha value is -0.730. The van der Waals surface area contributed by atoms with Crippen LogP contribution < -0.4 is 0 Å². The van der Waals surface area contributed by atoms with Crippen LogP contribution in [-0.4, -0.2) is 63.7 Å². The van der Waals surface area contributed by atoms with Gasteiger partial charge in [-0.25, -0.2) is 4.79 Å². The molecular formula is C22H42O7. The fourth-order valence-corrected chi connectivity index (χ4v) is 3.61. The van der Waals surface area contributed by atoms with Crippen LogP contribution in [0.4, 0.5) is 0 Å². The van der Waals surface area contributed by atoms with Gasteiger partial charge in [-0.3, -0.25) is 0 Å². The highest BCUT2D eigenvalue weighted by Crippen LogP contribution is 2.21. The van der Waals surface area contributed by atoms with E-state index in [1.165, 1.54) is 70.6 Å². The third-order valence-electron chi connectivity index (χ3n) is 5.56. The van der Waals surface area contributed by atoms with Gasteiger partial charge in [-0.15, -0.1) is 0 Å². The maximum absolute atomic E-state index is 11.9. The van der Waals surface area contributed by atoms with Crippen LogP contribution >= 0.6 is 0 Å². The highest BCUT2D eigenvalue weighted by Gasteiger charge is 2.46. The Labute approximate surface area is 175 Å². The monoisotopic (exact) mass is 418 g/mol. The number of aliphatic hydroxyl groups is 4. The van der Waals surface area contributed by atoms with Crippen LogP contribution in [0.1, 0.15) is 96.8 Å². The zero-order chi connectivity index (χ0) is 21.5. The van der Waals surface area contributed by atoms with E-state index in [0.717, 1.165) is 19.3 Å². The number of aliphatic hydroxyl groups excluding tert-OH is 4. The predicted molar refractivity (Wildman–Crippen MR) is 110 cm³/mol. The molecule has 7 heteroatoms. The minimum Gasteiger partial charge on any atom is -0.464 e. The maximum Gasteiger partial charge on any atom is 0.338 e. The van der Waals surface area contributed by atoms with Crippen LogP contribution in [0.25, 0.3) is 0 Å². The third-order valence-corrected chi connectivity index (χ3v) is 5.56. The van der Waals surface area contributed by atoms with Crippen molar-refractivity contribution in [2.75, 3.05) is 6.61 Å². The topological polar surface area (TPSA) is 116 Å². The van der Waals surface area contributed by atoms with E-state index in [1.807, 2.05) is 0 Å². The number of carbonyl (C=O) groups is 1. The second kappa shape index (κ2) is 16.0. The van der Waals surface area contributed by atoms with E-state index < -0.39 is 36.7 Å². The summed E-state index contributed by atoms with van der Waals surface area (Å²) in [5.74, 6) is -0.836. The molecule has 0 radical (unpaired) electrons. The summed E-state index contributed by atoms with van der Waals surface area (Å²) in [6.45, 7) is 2.45. The van der Waals surface area contributed by atoms with Crippen molar-refractivity contribution in [3.05, 3.63) is 0 Å². The Balaban J connectivity index is 1.92. The van der Waals surface area contributed by atoms with E-state index in [0.29, 0.717) is 0 Å². The summed E-state index contributed by atoms with van der Waals surface area (Å²) < 4.78 is 9.90. The van der Waals surface area contributed by atoms with Gasteiger partial charge in [0.15, 0.2) is 12.4 Å². The molecule has 0 bridgehead atoms. The van der Waals surface area contributed by atoms with Crippen LogP contribution in [0.5, 0.6) is 0 Å². The average Bonchev–Trinajstić information content (AvgIpc) is 2.71. The lowest BCUT2D eigenvalue weighted by Crippen LogP contribution is -2.59. The largest absolute Gasteiger partial charge is 0.464 e. The van der Waals surface area contributed by atoms with Gasteiger partial charge >= 0.3 is 5.97 Å². The minimum atomic E-state index is -1.73. The van der Waals surface area contributed by atoms with E-state index in [4.69, 9.17) is 9.47 Å². The standard InChI is InChI=1S/C22H42O7/c1-2-3-4-5-6-7-8-9-10-11-12-13-14-15-16-28-22(27)20-18(24)17(23)19(25)21(26)29-20/h17-21,23-26H,2-16H2,1H3/t17-,18-,19+,20-,21+/m0/s1. The molecule has 0 saturated carbocycles. The average molecular weight is 419 g/mol. The number of carbonyl (C=O) groups excluding carboxylic acids is 1. The first-order valence-corrected chi connectivity index (χ1v) is 11.5. The van der Waals surface area contributed by atoms with E-state index >= 15 is 0 Å². The molecule has 29 heavy (non-hydrogen) atoms. The molecule has 0 aromatic carbocycles. The van der Waals surface area contributed by atoms with Gasteiger partial charge in [-0.2, -0.15) is 0 Å². The number of unbranched alkanes of at least 4 members (excludes halogenated alkanes) is 13. The van der Waals surface area contributed by atoms with Crippen LogP contribution in [0.3, 0.4) is 0 Å². The van der Waals surface area contributed by atoms with E-state index in [1.54, 1.807) is 0 Å². The van der Waals surface area contributed by atoms with Crippen molar-refractivity contribution in [3.8, 4) is 0 Å². The summed E-state index contributed by atoms with van der Waals surface area (Å²) in [7, 11) is 0. The molecular weight excluding hydrogens is 376 g/mol. The van der Waals surface area contributed by atoms with Gasteiger partial charge in [0.2, 0.25) is 0 Å². The van der Waals surface area contributed by atoms with Crippen molar-refractivity contribution in [3.63, 3.8) is 0 Å². The van der Waals surface area contributed by atoms with E-state index in [2.05, 4.69) is 6.92 Å². The van der Waals surface area contributed by atoms with Crippen molar-refractivity contribution >= 4 is 5.97 Å². The van der Waals surface area contributed by atoms with Gasteiger partial charge in [-0.1, -0.05) is 90.4 Å². The first kappa shape index (κ1) is 26.3. The van der Waals surface area contributed by atoms with Gasteiger partial charge in [0.05, 0.1) is 6.61 Å². The summed E-state index contributed by atoms with van der Waals surface area (Å²) in [5.41, 5.74) is 0. The van der Waals surface area contributed by atoms with Gasteiger partial charge in [0, 0.05) is 0 Å². The second-order valence-corrected chi connectivity index (χ2v) is 8.18. The van der Waals surface area contributed by atoms with Crippen LogP contribution in [0.15, 0.2) is 0 Å². The molecule has 1 fully saturated rings. The lowest BCUT2D eigenvalue weighted by molar-refractivity contribution is -0.281. The summed E-state index contributed by atoms with van der Waals surface area (Å²) >= 11 is 0. The van der Waals surface area contributed by atoms with Crippen LogP contribution in [-0.2, 0) is 14.3 Å². The van der Waals surface area contributed by atoms with Gasteiger partial charge in [-0.05, 0) is 6.42 Å². The summed E-state index contributed by atoms with van der Waals surface area (Å²) in [6, 6.07) is 0. The minimum absolute atomic E-state index is 0.207.